The molecule has 1 aliphatic heterocycles. The number of carbonyl (C=O) groups excluding carboxylic acids is 1. The van der Waals surface area contributed by atoms with Gasteiger partial charge in [0, 0.05) is 12.7 Å². The van der Waals surface area contributed by atoms with Crippen molar-refractivity contribution >= 4 is 15.0 Å². The Morgan fingerprint density at radius 2 is 2.44 bits per heavy atom. The van der Waals surface area contributed by atoms with E-state index in [2.05, 4.69) is 14.1 Å². The van der Waals surface area contributed by atoms with Gasteiger partial charge in [0.1, 0.15) is 5.78 Å². The zero-order valence-corrected chi connectivity index (χ0v) is 6.62. The lowest BCUT2D eigenvalue weighted by atomic mass is 10.1. The van der Waals surface area contributed by atoms with Crippen LogP contribution in [0.4, 0.5) is 0 Å². The lowest BCUT2D eigenvalue weighted by molar-refractivity contribution is -0.121. The topological polar surface area (TPSA) is 20.3 Å². The van der Waals surface area contributed by atoms with Gasteiger partial charge in [-0.15, -0.1) is 9.24 Å². The first kappa shape index (κ1) is 7.17. The Kier molecular flexibility index (Phi) is 2.62. The van der Waals surface area contributed by atoms with Gasteiger partial charge in [-0.05, 0) is 13.0 Å². The molecular weight excluding hydrogens is 133 g/mol. The molecule has 52 valence electrons. The summed E-state index contributed by atoms with van der Waals surface area (Å²) in [5, 5.41) is 0. The third kappa shape index (κ3) is 2.04. The number of hydrogen-bond acceptors (Lipinski definition) is 2. The van der Waals surface area contributed by atoms with Gasteiger partial charge in [0.2, 0.25) is 0 Å². The van der Waals surface area contributed by atoms with Gasteiger partial charge in [-0.3, -0.25) is 9.69 Å². The van der Waals surface area contributed by atoms with Crippen molar-refractivity contribution in [3.63, 3.8) is 0 Å². The highest BCUT2D eigenvalue weighted by Gasteiger charge is 2.13. The van der Waals surface area contributed by atoms with Gasteiger partial charge in [0.05, 0.1) is 6.54 Å². The molecule has 0 aromatic rings. The van der Waals surface area contributed by atoms with E-state index < -0.39 is 0 Å². The Balaban J connectivity index is 2.32. The lowest BCUT2D eigenvalue weighted by Gasteiger charge is -2.23. The number of ketones is 1. The summed E-state index contributed by atoms with van der Waals surface area (Å²) in [5.74, 6) is 0.392. The van der Waals surface area contributed by atoms with Crippen LogP contribution in [0.25, 0.3) is 0 Å². The van der Waals surface area contributed by atoms with Crippen molar-refractivity contribution < 1.29 is 4.79 Å². The van der Waals surface area contributed by atoms with Crippen molar-refractivity contribution in [1.82, 2.24) is 4.90 Å². The summed E-state index contributed by atoms with van der Waals surface area (Å²) in [4.78, 5) is 12.9. The molecule has 0 amide bonds. The van der Waals surface area contributed by atoms with Gasteiger partial charge in [-0.1, -0.05) is 0 Å². The van der Waals surface area contributed by atoms with E-state index >= 15 is 0 Å². The third-order valence-corrected chi connectivity index (χ3v) is 2.10. The Labute approximate surface area is 57.8 Å². The molecule has 0 N–H and O–H groups in total. The van der Waals surface area contributed by atoms with Crippen molar-refractivity contribution in [2.24, 2.45) is 0 Å². The zero-order chi connectivity index (χ0) is 6.69. The van der Waals surface area contributed by atoms with E-state index in [1.165, 1.54) is 0 Å². The maximum absolute atomic E-state index is 10.8. The SMILES string of the molecule is O=C1CCCN(CP)C1. The first-order valence-corrected chi connectivity index (χ1v) is 4.08. The minimum Gasteiger partial charge on any atom is -0.298 e. The largest absolute Gasteiger partial charge is 0.298 e. The Morgan fingerprint density at radius 3 is 2.89 bits per heavy atom. The smallest absolute Gasteiger partial charge is 0.146 e. The molecule has 3 heteroatoms. The van der Waals surface area contributed by atoms with Crippen LogP contribution in [0.1, 0.15) is 12.8 Å². The summed E-state index contributed by atoms with van der Waals surface area (Å²) in [6.07, 6.45) is 2.78. The van der Waals surface area contributed by atoms with Crippen molar-refractivity contribution in [3.05, 3.63) is 0 Å². The lowest BCUT2D eigenvalue weighted by Crippen LogP contribution is -2.34. The highest BCUT2D eigenvalue weighted by atomic mass is 31.0. The van der Waals surface area contributed by atoms with Crippen LogP contribution in [0.3, 0.4) is 0 Å². The zero-order valence-electron chi connectivity index (χ0n) is 5.47. The molecule has 0 bridgehead atoms. The summed E-state index contributed by atoms with van der Waals surface area (Å²) in [5.41, 5.74) is 0. The van der Waals surface area contributed by atoms with Gasteiger partial charge in [-0.2, -0.15) is 0 Å². The summed E-state index contributed by atoms with van der Waals surface area (Å²) in [6, 6.07) is 0. The number of nitrogens with zero attached hydrogens (tertiary/aromatic N) is 1. The second-order valence-corrected chi connectivity index (χ2v) is 2.74. The van der Waals surface area contributed by atoms with Crippen molar-refractivity contribution in [2.75, 3.05) is 19.4 Å². The van der Waals surface area contributed by atoms with Crippen LogP contribution >= 0.6 is 9.24 Å². The Hall–Kier alpha value is 0.0600. The molecule has 0 aromatic carbocycles. The third-order valence-electron chi connectivity index (χ3n) is 1.59. The summed E-state index contributed by atoms with van der Waals surface area (Å²) in [7, 11) is 2.64. The predicted molar refractivity (Wildman–Crippen MR) is 40.4 cm³/mol. The number of carbonyl (C=O) groups is 1. The Morgan fingerprint density at radius 1 is 1.67 bits per heavy atom. The maximum Gasteiger partial charge on any atom is 0.146 e. The molecule has 0 radical (unpaired) electrons. The average Bonchev–Trinajstić information content (AvgIpc) is 1.88. The molecular formula is C6H12NOP. The van der Waals surface area contributed by atoms with Crippen LogP contribution in [-0.4, -0.2) is 30.1 Å². The number of hydrogen-bond donors (Lipinski definition) is 0. The standard InChI is InChI=1S/C6H12NOP/c8-6-2-1-3-7(4-6)5-9/h1-5,9H2. The fourth-order valence-electron chi connectivity index (χ4n) is 1.06. The summed E-state index contributed by atoms with van der Waals surface area (Å²) < 4.78 is 0. The van der Waals surface area contributed by atoms with Crippen molar-refractivity contribution in [1.29, 1.82) is 0 Å². The molecule has 1 heterocycles. The van der Waals surface area contributed by atoms with E-state index in [4.69, 9.17) is 0 Å². The molecule has 1 saturated heterocycles. The molecule has 1 unspecified atom stereocenters. The fraction of sp³-hybridized carbons (Fsp3) is 0.833. The van der Waals surface area contributed by atoms with Gasteiger partial charge in [0.15, 0.2) is 0 Å². The molecule has 0 aliphatic carbocycles. The Bertz CT molecular complexity index is 116. The van der Waals surface area contributed by atoms with E-state index in [1.807, 2.05) is 0 Å². The molecule has 1 atom stereocenters. The van der Waals surface area contributed by atoms with E-state index in [0.717, 1.165) is 25.7 Å². The molecule has 1 fully saturated rings. The molecule has 2 nitrogen and oxygen atoms in total. The van der Waals surface area contributed by atoms with E-state index in [1.54, 1.807) is 0 Å². The molecule has 9 heavy (non-hydrogen) atoms. The number of Topliss-reactive ketones (excluding diaryl/α,β-unsaturated/α-hetero) is 1. The normalized spacial score (nSPS) is 22.6. The minimum atomic E-state index is 0.392. The van der Waals surface area contributed by atoms with Gasteiger partial charge >= 0.3 is 0 Å². The van der Waals surface area contributed by atoms with E-state index in [-0.39, 0.29) is 0 Å². The van der Waals surface area contributed by atoms with Crippen LogP contribution in [-0.2, 0) is 4.79 Å². The average molecular weight is 145 g/mol. The molecule has 0 saturated carbocycles. The van der Waals surface area contributed by atoms with Gasteiger partial charge < -0.3 is 0 Å². The monoisotopic (exact) mass is 145 g/mol. The fourth-order valence-corrected chi connectivity index (χ4v) is 1.37. The molecule has 0 aromatic heterocycles. The molecule has 1 aliphatic rings. The first-order valence-electron chi connectivity index (χ1n) is 3.27. The van der Waals surface area contributed by atoms with Gasteiger partial charge in [-0.25, -0.2) is 0 Å². The highest BCUT2D eigenvalue weighted by Crippen LogP contribution is 2.06. The van der Waals surface area contributed by atoms with Crippen LogP contribution in [0, 0.1) is 0 Å². The molecule has 0 spiro atoms. The van der Waals surface area contributed by atoms with E-state index in [0.29, 0.717) is 12.3 Å². The van der Waals surface area contributed by atoms with Gasteiger partial charge in [0.25, 0.3) is 0 Å². The first-order chi connectivity index (χ1) is 4.33. The van der Waals surface area contributed by atoms with Crippen LogP contribution in [0.2, 0.25) is 0 Å². The minimum absolute atomic E-state index is 0.392. The van der Waals surface area contributed by atoms with Crippen molar-refractivity contribution in [2.45, 2.75) is 12.8 Å². The highest BCUT2D eigenvalue weighted by molar-refractivity contribution is 7.16. The van der Waals surface area contributed by atoms with Crippen molar-refractivity contribution in [3.8, 4) is 0 Å². The summed E-state index contributed by atoms with van der Waals surface area (Å²) in [6.45, 7) is 1.76. The predicted octanol–water partition coefficient (Wildman–Crippen LogP) is 0.484. The maximum atomic E-state index is 10.8. The molecule has 1 rings (SSSR count). The van der Waals surface area contributed by atoms with Crippen LogP contribution in [0.15, 0.2) is 0 Å². The number of likely N-dealkylation sites (tertiary alicyclic amines) is 1. The van der Waals surface area contributed by atoms with Crippen LogP contribution in [0.5, 0.6) is 0 Å². The van der Waals surface area contributed by atoms with Crippen LogP contribution < -0.4 is 0 Å². The second-order valence-electron chi connectivity index (χ2n) is 2.38. The number of piperidine rings is 1. The van der Waals surface area contributed by atoms with E-state index in [9.17, 15) is 4.79 Å². The summed E-state index contributed by atoms with van der Waals surface area (Å²) >= 11 is 0. The quantitative estimate of drug-likeness (QED) is 0.500. The second kappa shape index (κ2) is 3.28. The number of rotatable bonds is 1.